The number of methoxy groups -OCH3 is 2. The largest absolute Gasteiger partial charge is 0.497 e. The van der Waals surface area contributed by atoms with E-state index >= 15 is 0 Å². The fourth-order valence-corrected chi connectivity index (χ4v) is 3.04. The van der Waals surface area contributed by atoms with E-state index in [1.165, 1.54) is 12.1 Å². The van der Waals surface area contributed by atoms with E-state index in [-0.39, 0.29) is 18.3 Å². The molecule has 3 aromatic rings. The summed E-state index contributed by atoms with van der Waals surface area (Å²) in [6, 6.07) is 13.3. The van der Waals surface area contributed by atoms with Crippen molar-refractivity contribution < 1.29 is 18.7 Å². The van der Waals surface area contributed by atoms with Crippen molar-refractivity contribution in [2.75, 3.05) is 14.2 Å². The van der Waals surface area contributed by atoms with Gasteiger partial charge in [-0.15, -0.1) is 0 Å². The molecule has 0 radical (unpaired) electrons. The number of amides is 1. The first-order valence-electron chi connectivity index (χ1n) is 9.38. The Morgan fingerprint density at radius 1 is 1.14 bits per heavy atom. The molecule has 0 bridgehead atoms. The van der Waals surface area contributed by atoms with Crippen LogP contribution in [0.2, 0.25) is 0 Å². The Balaban J connectivity index is 1.87. The topological polar surface area (TPSA) is 65.4 Å². The molecule has 0 fully saturated rings. The van der Waals surface area contributed by atoms with Gasteiger partial charge in [-0.2, -0.15) is 5.10 Å². The van der Waals surface area contributed by atoms with Gasteiger partial charge in [-0.3, -0.25) is 9.48 Å². The molecule has 1 aromatic heterocycles. The predicted octanol–water partition coefficient (Wildman–Crippen LogP) is 4.05. The van der Waals surface area contributed by atoms with Crippen LogP contribution < -0.4 is 14.8 Å². The van der Waals surface area contributed by atoms with Crippen LogP contribution in [0, 0.1) is 5.82 Å². The SMILES string of the molecule is CCCn1nc(-c2ccc(OC)cc2OC)cc1C(=O)NCc1cccc(F)c1. The first kappa shape index (κ1) is 20.4. The zero-order chi connectivity index (χ0) is 20.8. The number of nitrogens with zero attached hydrogens (tertiary/aromatic N) is 2. The molecule has 1 amide bonds. The molecule has 6 nitrogen and oxygen atoms in total. The van der Waals surface area contributed by atoms with Gasteiger partial charge in [0.15, 0.2) is 0 Å². The summed E-state index contributed by atoms with van der Waals surface area (Å²) in [5.41, 5.74) is 2.53. The van der Waals surface area contributed by atoms with Gasteiger partial charge < -0.3 is 14.8 Å². The lowest BCUT2D eigenvalue weighted by Gasteiger charge is -2.08. The number of carbonyl (C=O) groups excluding carboxylic acids is 1. The van der Waals surface area contributed by atoms with E-state index < -0.39 is 0 Å². The molecule has 7 heteroatoms. The minimum atomic E-state index is -0.332. The van der Waals surface area contributed by atoms with Gasteiger partial charge in [-0.25, -0.2) is 4.39 Å². The van der Waals surface area contributed by atoms with Crippen molar-refractivity contribution in [3.63, 3.8) is 0 Å². The number of rotatable bonds is 8. The third kappa shape index (κ3) is 4.74. The number of aryl methyl sites for hydroxylation is 1. The standard InChI is InChI=1S/C22H24FN3O3/c1-4-10-26-20(22(27)24-14-15-6-5-7-16(23)11-15)13-19(25-26)18-9-8-17(28-2)12-21(18)29-3/h5-9,11-13H,4,10,14H2,1-3H3,(H,24,27). The van der Waals surface area contributed by atoms with Crippen LogP contribution in [0.1, 0.15) is 29.4 Å². The molecule has 1 N–H and O–H groups in total. The molecule has 2 aromatic carbocycles. The summed E-state index contributed by atoms with van der Waals surface area (Å²) in [5.74, 6) is 0.680. The number of benzene rings is 2. The molecule has 152 valence electrons. The molecule has 0 atom stereocenters. The molecule has 3 rings (SSSR count). The molecule has 0 aliphatic carbocycles. The van der Waals surface area contributed by atoms with Gasteiger partial charge in [0.05, 0.1) is 19.9 Å². The smallest absolute Gasteiger partial charge is 0.269 e. The highest BCUT2D eigenvalue weighted by molar-refractivity contribution is 5.94. The molecule has 29 heavy (non-hydrogen) atoms. The highest BCUT2D eigenvalue weighted by Crippen LogP contribution is 2.33. The number of halogens is 1. The molecule has 0 saturated carbocycles. The highest BCUT2D eigenvalue weighted by Gasteiger charge is 2.18. The maximum atomic E-state index is 13.3. The van der Waals surface area contributed by atoms with Gasteiger partial charge >= 0.3 is 0 Å². The first-order valence-corrected chi connectivity index (χ1v) is 9.38. The molecule has 0 saturated heterocycles. The minimum Gasteiger partial charge on any atom is -0.497 e. The summed E-state index contributed by atoms with van der Waals surface area (Å²) in [4.78, 5) is 12.8. The van der Waals surface area contributed by atoms with Crippen LogP contribution in [0.3, 0.4) is 0 Å². The molecule has 0 aliphatic heterocycles. The monoisotopic (exact) mass is 397 g/mol. The lowest BCUT2D eigenvalue weighted by Crippen LogP contribution is -2.25. The Bertz CT molecular complexity index is 1000. The zero-order valence-corrected chi connectivity index (χ0v) is 16.7. The van der Waals surface area contributed by atoms with Crippen molar-refractivity contribution in [2.45, 2.75) is 26.4 Å². The number of hydrogen-bond acceptors (Lipinski definition) is 4. The lowest BCUT2D eigenvalue weighted by molar-refractivity contribution is 0.0940. The normalized spacial score (nSPS) is 10.6. The van der Waals surface area contributed by atoms with Gasteiger partial charge in [0.1, 0.15) is 23.0 Å². The summed E-state index contributed by atoms with van der Waals surface area (Å²) in [5, 5.41) is 7.43. The molecule has 1 heterocycles. The van der Waals surface area contributed by atoms with E-state index in [1.54, 1.807) is 43.2 Å². The summed E-state index contributed by atoms with van der Waals surface area (Å²) in [6.07, 6.45) is 0.824. The van der Waals surface area contributed by atoms with Crippen LogP contribution in [-0.2, 0) is 13.1 Å². The fourth-order valence-electron chi connectivity index (χ4n) is 3.04. The first-order chi connectivity index (χ1) is 14.0. The van der Waals surface area contributed by atoms with Crippen molar-refractivity contribution in [1.29, 1.82) is 0 Å². The van der Waals surface area contributed by atoms with Crippen LogP contribution in [0.25, 0.3) is 11.3 Å². The Morgan fingerprint density at radius 2 is 1.97 bits per heavy atom. The third-order valence-corrected chi connectivity index (χ3v) is 4.47. The number of carbonyl (C=O) groups is 1. The van der Waals surface area contributed by atoms with Gasteiger partial charge in [-0.05, 0) is 42.3 Å². The second-order valence-electron chi connectivity index (χ2n) is 6.52. The quantitative estimate of drug-likeness (QED) is 0.623. The van der Waals surface area contributed by atoms with Crippen LogP contribution in [0.4, 0.5) is 4.39 Å². The maximum Gasteiger partial charge on any atom is 0.269 e. The molecule has 0 aliphatic rings. The summed E-state index contributed by atoms with van der Waals surface area (Å²) in [7, 11) is 3.17. The maximum absolute atomic E-state index is 13.3. The molecular weight excluding hydrogens is 373 g/mol. The van der Waals surface area contributed by atoms with Crippen LogP contribution in [-0.4, -0.2) is 29.9 Å². The summed E-state index contributed by atoms with van der Waals surface area (Å²) in [6.45, 7) is 2.85. The molecule has 0 unspecified atom stereocenters. The van der Waals surface area contributed by atoms with E-state index in [0.717, 1.165) is 12.0 Å². The van der Waals surface area contributed by atoms with Crippen molar-refractivity contribution >= 4 is 5.91 Å². The highest BCUT2D eigenvalue weighted by atomic mass is 19.1. The van der Waals surface area contributed by atoms with Crippen LogP contribution >= 0.6 is 0 Å². The van der Waals surface area contributed by atoms with E-state index in [0.29, 0.717) is 35.0 Å². The summed E-state index contributed by atoms with van der Waals surface area (Å²) >= 11 is 0. The van der Waals surface area contributed by atoms with Gasteiger partial charge in [-0.1, -0.05) is 19.1 Å². The Kier molecular flexibility index (Phi) is 6.49. The zero-order valence-electron chi connectivity index (χ0n) is 16.7. The molecular formula is C22H24FN3O3. The van der Waals surface area contributed by atoms with Crippen LogP contribution in [0.15, 0.2) is 48.5 Å². The lowest BCUT2D eigenvalue weighted by atomic mass is 10.1. The average molecular weight is 397 g/mol. The third-order valence-electron chi connectivity index (χ3n) is 4.47. The van der Waals surface area contributed by atoms with Gasteiger partial charge in [0.25, 0.3) is 5.91 Å². The Hall–Kier alpha value is -3.35. The second kappa shape index (κ2) is 9.23. The number of ether oxygens (including phenoxy) is 2. The Labute approximate surface area is 169 Å². The van der Waals surface area contributed by atoms with Crippen molar-refractivity contribution in [2.24, 2.45) is 0 Å². The number of nitrogens with one attached hydrogen (secondary N) is 1. The van der Waals surface area contributed by atoms with E-state index in [2.05, 4.69) is 10.4 Å². The Morgan fingerprint density at radius 3 is 2.66 bits per heavy atom. The second-order valence-corrected chi connectivity index (χ2v) is 6.52. The predicted molar refractivity (Wildman–Crippen MR) is 109 cm³/mol. The van der Waals surface area contributed by atoms with Crippen molar-refractivity contribution in [1.82, 2.24) is 15.1 Å². The minimum absolute atomic E-state index is 0.231. The molecule has 0 spiro atoms. The number of hydrogen-bond donors (Lipinski definition) is 1. The fraction of sp³-hybridized carbons (Fsp3) is 0.273. The van der Waals surface area contributed by atoms with Gasteiger partial charge in [0.2, 0.25) is 0 Å². The van der Waals surface area contributed by atoms with Gasteiger partial charge in [0, 0.05) is 24.7 Å². The van der Waals surface area contributed by atoms with E-state index in [9.17, 15) is 9.18 Å². The van der Waals surface area contributed by atoms with E-state index in [4.69, 9.17) is 9.47 Å². The van der Waals surface area contributed by atoms with Crippen molar-refractivity contribution in [3.05, 3.63) is 65.6 Å². The van der Waals surface area contributed by atoms with Crippen molar-refractivity contribution in [3.8, 4) is 22.8 Å². The van der Waals surface area contributed by atoms with E-state index in [1.807, 2.05) is 19.1 Å². The summed E-state index contributed by atoms with van der Waals surface area (Å²) < 4.78 is 25.7. The number of aromatic nitrogens is 2. The van der Waals surface area contributed by atoms with Crippen LogP contribution in [0.5, 0.6) is 11.5 Å². The average Bonchev–Trinajstić information content (AvgIpc) is 3.15.